The van der Waals surface area contributed by atoms with Gasteiger partial charge >= 0.3 is 0 Å². The molecule has 5 heteroatoms. The summed E-state index contributed by atoms with van der Waals surface area (Å²) in [6.07, 6.45) is 23.7. The predicted octanol–water partition coefficient (Wildman–Crippen LogP) is 6.24. The number of hydrogen-bond donors (Lipinski definition) is 2. The molecule has 1 fully saturated rings. The Labute approximate surface area is 196 Å². The molecule has 0 aromatic heterocycles. The van der Waals surface area contributed by atoms with Crippen LogP contribution >= 0.6 is 12.6 Å². The first-order valence-corrected chi connectivity index (χ1v) is 15.7. The lowest BCUT2D eigenvalue weighted by Crippen LogP contribution is -2.59. The van der Waals surface area contributed by atoms with Crippen LogP contribution in [0.3, 0.4) is 0 Å². The van der Waals surface area contributed by atoms with Crippen molar-refractivity contribution in [3.8, 4) is 0 Å². The van der Waals surface area contributed by atoms with E-state index in [1.54, 1.807) is 0 Å². The third-order valence-electron chi connectivity index (χ3n) is 7.32. The lowest BCUT2D eigenvalue weighted by atomic mass is 10.0. The zero-order chi connectivity index (χ0) is 21.8. The summed E-state index contributed by atoms with van der Waals surface area (Å²) in [5.74, 6) is 1.02. The highest BCUT2D eigenvalue weighted by Crippen LogP contribution is 2.27. The first kappa shape index (κ1) is 28.5. The molecular weight excluding hydrogens is 406 g/mol. The Morgan fingerprint density at radius 3 is 2.20 bits per heavy atom. The van der Waals surface area contributed by atoms with E-state index in [0.717, 1.165) is 24.8 Å². The van der Waals surface area contributed by atoms with Gasteiger partial charge in [0.05, 0.1) is 25.7 Å². The monoisotopic (exact) mass is 460 g/mol. The zero-order valence-corrected chi connectivity index (χ0v) is 22.6. The van der Waals surface area contributed by atoms with Gasteiger partial charge in [0.25, 0.3) is 9.68 Å². The number of hydrogen-bond acceptors (Lipinski definition) is 3. The number of aliphatic hydroxyl groups excluding tert-OH is 1. The molecule has 30 heavy (non-hydrogen) atoms. The van der Waals surface area contributed by atoms with Crippen LogP contribution in [-0.2, 0) is 4.74 Å². The molecule has 1 rings (SSSR count). The van der Waals surface area contributed by atoms with Crippen LogP contribution in [0.1, 0.15) is 116 Å². The molecule has 0 aromatic rings. The second kappa shape index (κ2) is 20.1. The molecule has 1 saturated heterocycles. The van der Waals surface area contributed by atoms with Gasteiger partial charge in [-0.1, -0.05) is 77.6 Å². The fourth-order valence-corrected chi connectivity index (χ4v) is 8.47. The van der Waals surface area contributed by atoms with Crippen molar-refractivity contribution < 1.29 is 14.0 Å². The number of rotatable bonds is 19. The molecule has 1 aliphatic heterocycles. The summed E-state index contributed by atoms with van der Waals surface area (Å²) >= 11 is 4.55. The number of nitrogens with zero attached hydrogens (tertiary/aromatic N) is 1. The van der Waals surface area contributed by atoms with Crippen LogP contribution in [0.4, 0.5) is 0 Å². The molecule has 0 amide bonds. The average Bonchev–Trinajstić information content (AvgIpc) is 2.74. The van der Waals surface area contributed by atoms with E-state index in [9.17, 15) is 0 Å². The van der Waals surface area contributed by atoms with Gasteiger partial charge in [0, 0.05) is 12.8 Å². The first-order chi connectivity index (χ1) is 14.8. The molecule has 2 unspecified atom stereocenters. The second-order valence-corrected chi connectivity index (χ2v) is 12.5. The van der Waals surface area contributed by atoms with Crippen molar-refractivity contribution in [1.29, 1.82) is 0 Å². The summed E-state index contributed by atoms with van der Waals surface area (Å²) in [5.41, 5.74) is 0. The van der Waals surface area contributed by atoms with Crippen molar-refractivity contribution in [2.45, 2.75) is 128 Å². The Balaban J connectivity index is 2.47. The SMILES string of the molecule is CCCCCCCCCCCCC(CCOCO)[N+]1(CCCS)CCCCCC[SiH2]1. The van der Waals surface area contributed by atoms with E-state index >= 15 is 0 Å². The third kappa shape index (κ3) is 13.1. The van der Waals surface area contributed by atoms with E-state index in [1.807, 2.05) is 0 Å². The molecule has 0 bridgehead atoms. The Morgan fingerprint density at radius 1 is 0.867 bits per heavy atom. The van der Waals surface area contributed by atoms with Gasteiger partial charge in [-0.25, -0.2) is 0 Å². The maximum Gasteiger partial charge on any atom is 0.255 e. The van der Waals surface area contributed by atoms with Gasteiger partial charge < -0.3 is 14.0 Å². The lowest BCUT2D eigenvalue weighted by Gasteiger charge is -2.48. The van der Waals surface area contributed by atoms with Crippen LogP contribution in [0, 0.1) is 0 Å². The highest BCUT2D eigenvalue weighted by Gasteiger charge is 2.35. The van der Waals surface area contributed by atoms with E-state index in [1.165, 1.54) is 126 Å². The molecule has 2 atom stereocenters. The molecule has 1 heterocycles. The Bertz CT molecular complexity index is 360. The largest absolute Gasteiger partial charge is 0.385 e. The minimum absolute atomic E-state index is 0.116. The van der Waals surface area contributed by atoms with E-state index in [-0.39, 0.29) is 16.5 Å². The molecular formula is C25H54NO2SSi+. The topological polar surface area (TPSA) is 29.5 Å². The first-order valence-electron chi connectivity index (χ1n) is 13.4. The van der Waals surface area contributed by atoms with Gasteiger partial charge in [-0.2, -0.15) is 12.6 Å². The number of ether oxygens (including phenoxy) is 1. The Kier molecular flexibility index (Phi) is 19.1. The molecule has 180 valence electrons. The average molecular weight is 461 g/mol. The minimum Gasteiger partial charge on any atom is -0.385 e. The number of aliphatic hydroxyl groups is 1. The fraction of sp³-hybridized carbons (Fsp3) is 1.00. The maximum absolute atomic E-state index is 9.11. The van der Waals surface area contributed by atoms with Gasteiger partial charge in [0.2, 0.25) is 0 Å². The normalized spacial score (nSPS) is 22.1. The Morgan fingerprint density at radius 2 is 1.53 bits per heavy atom. The lowest BCUT2D eigenvalue weighted by molar-refractivity contribution is -0.851. The standard InChI is InChI=1S/C25H53NO2SSi/c1-2-3-4-5-6-7-8-9-10-13-17-25(18-21-28-24-27)26(20-16-22-29)19-14-11-12-15-23-30-26/h25,27H,2-24,30H2,1H3/p+1. The smallest absolute Gasteiger partial charge is 0.255 e. The van der Waals surface area contributed by atoms with E-state index in [4.69, 9.17) is 9.84 Å². The highest BCUT2D eigenvalue weighted by molar-refractivity contribution is 7.80. The van der Waals surface area contributed by atoms with Gasteiger partial charge in [-0.3, -0.25) is 0 Å². The molecule has 0 radical (unpaired) electrons. The van der Waals surface area contributed by atoms with Crippen LogP contribution in [0.15, 0.2) is 0 Å². The molecule has 3 nitrogen and oxygen atoms in total. The Hall–Kier alpha value is 0.447. The third-order valence-corrected chi connectivity index (χ3v) is 10.5. The van der Waals surface area contributed by atoms with E-state index < -0.39 is 0 Å². The summed E-state index contributed by atoms with van der Waals surface area (Å²) in [6, 6.07) is 2.28. The minimum atomic E-state index is -0.126. The van der Waals surface area contributed by atoms with Gasteiger partial charge in [0.1, 0.15) is 6.79 Å². The van der Waals surface area contributed by atoms with Crippen molar-refractivity contribution in [2.24, 2.45) is 0 Å². The summed E-state index contributed by atoms with van der Waals surface area (Å²) in [5, 5.41) is 9.11. The van der Waals surface area contributed by atoms with Crippen molar-refractivity contribution >= 4 is 22.3 Å². The number of quaternary nitrogens is 1. The van der Waals surface area contributed by atoms with Gasteiger partial charge in [0.15, 0.2) is 0 Å². The molecule has 1 aliphatic rings. The number of thiol groups is 1. The van der Waals surface area contributed by atoms with Crippen LogP contribution in [0.5, 0.6) is 0 Å². The fourth-order valence-electron chi connectivity index (χ4n) is 5.50. The van der Waals surface area contributed by atoms with E-state index in [0.29, 0.717) is 0 Å². The van der Waals surface area contributed by atoms with Crippen molar-refractivity contribution in [3.63, 3.8) is 0 Å². The second-order valence-electron chi connectivity index (χ2n) is 9.68. The highest BCUT2D eigenvalue weighted by atomic mass is 32.1. The van der Waals surface area contributed by atoms with Crippen molar-refractivity contribution in [2.75, 3.05) is 32.2 Å². The van der Waals surface area contributed by atoms with Gasteiger partial charge in [-0.05, 0) is 37.5 Å². The van der Waals surface area contributed by atoms with Crippen molar-refractivity contribution in [3.05, 3.63) is 0 Å². The molecule has 0 spiro atoms. The summed E-state index contributed by atoms with van der Waals surface area (Å²) in [7, 11) is -0.116. The van der Waals surface area contributed by atoms with Crippen LogP contribution in [0.25, 0.3) is 0 Å². The maximum atomic E-state index is 9.11. The van der Waals surface area contributed by atoms with Gasteiger partial charge in [-0.15, -0.1) is 0 Å². The molecule has 0 aliphatic carbocycles. The van der Waals surface area contributed by atoms with Crippen LogP contribution in [-0.4, -0.2) is 57.2 Å². The predicted molar refractivity (Wildman–Crippen MR) is 138 cm³/mol. The van der Waals surface area contributed by atoms with Crippen LogP contribution in [0.2, 0.25) is 6.04 Å². The summed E-state index contributed by atoms with van der Waals surface area (Å²) in [6.45, 7) is 5.65. The molecule has 1 N–H and O–H groups in total. The molecule has 0 saturated carbocycles. The number of unbranched alkanes of at least 4 members (excludes halogenated alkanes) is 9. The van der Waals surface area contributed by atoms with Crippen LogP contribution < -0.4 is 0 Å². The quantitative estimate of drug-likeness (QED) is 0.103. The molecule has 0 aromatic carbocycles. The summed E-state index contributed by atoms with van der Waals surface area (Å²) < 4.78 is 6.84. The van der Waals surface area contributed by atoms with Crippen molar-refractivity contribution in [1.82, 2.24) is 0 Å². The zero-order valence-electron chi connectivity index (χ0n) is 20.3. The summed E-state index contributed by atoms with van der Waals surface area (Å²) in [4.78, 5) is 0. The van der Waals surface area contributed by atoms with E-state index in [2.05, 4.69) is 19.6 Å².